The van der Waals surface area contributed by atoms with Crippen molar-refractivity contribution in [3.63, 3.8) is 0 Å². The van der Waals surface area contributed by atoms with Crippen molar-refractivity contribution >= 4 is 50.8 Å². The Morgan fingerprint density at radius 1 is 1.50 bits per heavy atom. The maximum Gasteiger partial charge on any atom is 0.245 e. The van der Waals surface area contributed by atoms with Crippen LogP contribution in [0.3, 0.4) is 0 Å². The fraction of sp³-hybridized carbons (Fsp3) is 0.353. The molecule has 2 amide bonds. The molecule has 0 saturated carbocycles. The van der Waals surface area contributed by atoms with E-state index in [2.05, 4.69) is 16.9 Å². The van der Waals surface area contributed by atoms with Gasteiger partial charge >= 0.3 is 0 Å². The molecular weight excluding hydrogens is 342 g/mol. The lowest BCUT2D eigenvalue weighted by molar-refractivity contribution is -0.130. The van der Waals surface area contributed by atoms with E-state index in [0.717, 1.165) is 33.1 Å². The molecule has 1 aliphatic heterocycles. The number of thiazole rings is 1. The number of nitrogens with one attached hydrogen (secondary N) is 1. The molecule has 0 radical (unpaired) electrons. The molecule has 0 spiro atoms. The standard InChI is InChI=1S/C17H19N3O2S2/c1-3-15(21)20-8-4-5-11(10-20)16(22)18-12-6-7-13-14(9-12)24-17(19-13)23-2/h3,6-7,9,11H,1,4-5,8,10H2,2H3,(H,18,22). The van der Waals surface area contributed by atoms with Gasteiger partial charge in [-0.3, -0.25) is 9.59 Å². The van der Waals surface area contributed by atoms with Gasteiger partial charge in [0.25, 0.3) is 0 Å². The van der Waals surface area contributed by atoms with Crippen LogP contribution in [0.15, 0.2) is 35.2 Å². The van der Waals surface area contributed by atoms with Crippen LogP contribution < -0.4 is 5.32 Å². The van der Waals surface area contributed by atoms with Crippen molar-refractivity contribution in [3.8, 4) is 0 Å². The van der Waals surface area contributed by atoms with Crippen LogP contribution in [0.25, 0.3) is 10.2 Å². The van der Waals surface area contributed by atoms with Crippen molar-refractivity contribution in [2.75, 3.05) is 24.7 Å². The zero-order valence-corrected chi connectivity index (χ0v) is 15.1. The molecular formula is C17H19N3O2S2. The van der Waals surface area contributed by atoms with Gasteiger partial charge in [0.2, 0.25) is 11.8 Å². The molecule has 1 aromatic carbocycles. The molecule has 0 bridgehead atoms. The first-order valence-electron chi connectivity index (χ1n) is 7.77. The van der Waals surface area contributed by atoms with Crippen LogP contribution >= 0.6 is 23.1 Å². The average Bonchev–Trinajstić information content (AvgIpc) is 3.03. The smallest absolute Gasteiger partial charge is 0.245 e. The SMILES string of the molecule is C=CC(=O)N1CCCC(C(=O)Nc2ccc3nc(SC)sc3c2)C1. The second kappa shape index (κ2) is 7.36. The number of nitrogens with zero attached hydrogens (tertiary/aromatic N) is 2. The third-order valence-electron chi connectivity index (χ3n) is 4.09. The van der Waals surface area contributed by atoms with E-state index in [1.807, 2.05) is 24.5 Å². The van der Waals surface area contributed by atoms with Crippen LogP contribution in [0.4, 0.5) is 5.69 Å². The number of piperidine rings is 1. The molecule has 2 aromatic rings. The van der Waals surface area contributed by atoms with Crippen molar-refractivity contribution in [1.82, 2.24) is 9.88 Å². The zero-order valence-electron chi connectivity index (χ0n) is 13.4. The molecule has 1 aromatic heterocycles. The van der Waals surface area contributed by atoms with E-state index in [9.17, 15) is 9.59 Å². The minimum absolute atomic E-state index is 0.0366. The molecule has 7 heteroatoms. The number of hydrogen-bond donors (Lipinski definition) is 1. The predicted octanol–water partition coefficient (Wildman–Crippen LogP) is 3.38. The van der Waals surface area contributed by atoms with Gasteiger partial charge in [-0.25, -0.2) is 4.98 Å². The Bertz CT molecular complexity index is 787. The summed E-state index contributed by atoms with van der Waals surface area (Å²) in [6, 6.07) is 5.76. The molecule has 126 valence electrons. The van der Waals surface area contributed by atoms with Crippen molar-refractivity contribution in [2.24, 2.45) is 5.92 Å². The monoisotopic (exact) mass is 361 g/mol. The summed E-state index contributed by atoms with van der Waals surface area (Å²) in [5.74, 6) is -0.324. The topological polar surface area (TPSA) is 62.3 Å². The Labute approximate surface area is 149 Å². The summed E-state index contributed by atoms with van der Waals surface area (Å²) in [7, 11) is 0. The maximum atomic E-state index is 12.5. The average molecular weight is 361 g/mol. The van der Waals surface area contributed by atoms with E-state index >= 15 is 0 Å². The van der Waals surface area contributed by atoms with Gasteiger partial charge in [-0.15, -0.1) is 11.3 Å². The number of benzene rings is 1. The van der Waals surface area contributed by atoms with E-state index in [-0.39, 0.29) is 17.7 Å². The van der Waals surface area contributed by atoms with Crippen molar-refractivity contribution in [3.05, 3.63) is 30.9 Å². The van der Waals surface area contributed by atoms with Crippen LogP contribution in [0, 0.1) is 5.92 Å². The number of aromatic nitrogens is 1. The number of carbonyl (C=O) groups is 2. The number of carbonyl (C=O) groups excluding carboxylic acids is 2. The highest BCUT2D eigenvalue weighted by molar-refractivity contribution is 8.00. The highest BCUT2D eigenvalue weighted by Gasteiger charge is 2.27. The van der Waals surface area contributed by atoms with E-state index in [1.165, 1.54) is 6.08 Å². The minimum atomic E-state index is -0.179. The van der Waals surface area contributed by atoms with Crippen LogP contribution in [-0.2, 0) is 9.59 Å². The summed E-state index contributed by atoms with van der Waals surface area (Å²) in [6.45, 7) is 4.66. The number of rotatable bonds is 4. The third kappa shape index (κ3) is 3.62. The molecule has 1 aliphatic rings. The largest absolute Gasteiger partial charge is 0.338 e. The maximum absolute atomic E-state index is 12.5. The number of amides is 2. The number of thioether (sulfide) groups is 1. The molecule has 24 heavy (non-hydrogen) atoms. The fourth-order valence-electron chi connectivity index (χ4n) is 2.83. The summed E-state index contributed by atoms with van der Waals surface area (Å²) < 4.78 is 2.07. The third-order valence-corrected chi connectivity index (χ3v) is 6.09. The lowest BCUT2D eigenvalue weighted by Gasteiger charge is -2.31. The van der Waals surface area contributed by atoms with Crippen LogP contribution in [-0.4, -0.2) is 41.0 Å². The second-order valence-electron chi connectivity index (χ2n) is 5.68. The Morgan fingerprint density at radius 3 is 3.08 bits per heavy atom. The van der Waals surface area contributed by atoms with E-state index in [1.54, 1.807) is 28.0 Å². The summed E-state index contributed by atoms with van der Waals surface area (Å²) in [5, 5.41) is 2.98. The van der Waals surface area contributed by atoms with Gasteiger partial charge in [0.1, 0.15) is 0 Å². The first kappa shape index (κ1) is 17.0. The fourth-order valence-corrected chi connectivity index (χ4v) is 4.36. The summed E-state index contributed by atoms with van der Waals surface area (Å²) >= 11 is 3.23. The number of anilines is 1. The first-order chi connectivity index (χ1) is 11.6. The highest BCUT2D eigenvalue weighted by atomic mass is 32.2. The minimum Gasteiger partial charge on any atom is -0.338 e. The van der Waals surface area contributed by atoms with Crippen molar-refractivity contribution in [2.45, 2.75) is 17.2 Å². The molecule has 5 nitrogen and oxygen atoms in total. The van der Waals surface area contributed by atoms with Gasteiger partial charge < -0.3 is 10.2 Å². The van der Waals surface area contributed by atoms with Gasteiger partial charge in [-0.1, -0.05) is 18.3 Å². The molecule has 0 aliphatic carbocycles. The predicted molar refractivity (Wildman–Crippen MR) is 99.5 cm³/mol. The Hall–Kier alpha value is -1.86. The van der Waals surface area contributed by atoms with Gasteiger partial charge in [0, 0.05) is 18.8 Å². The Morgan fingerprint density at radius 2 is 2.33 bits per heavy atom. The summed E-state index contributed by atoms with van der Waals surface area (Å²) in [5.41, 5.74) is 1.72. The summed E-state index contributed by atoms with van der Waals surface area (Å²) in [4.78, 5) is 30.5. The van der Waals surface area contributed by atoms with E-state index in [0.29, 0.717) is 13.1 Å². The first-order valence-corrected chi connectivity index (χ1v) is 9.81. The van der Waals surface area contributed by atoms with Crippen LogP contribution in [0.2, 0.25) is 0 Å². The number of hydrogen-bond acceptors (Lipinski definition) is 5. The molecule has 1 saturated heterocycles. The highest BCUT2D eigenvalue weighted by Crippen LogP contribution is 2.30. The second-order valence-corrected chi connectivity index (χ2v) is 7.77. The normalized spacial score (nSPS) is 17.7. The molecule has 1 N–H and O–H groups in total. The lowest BCUT2D eigenvalue weighted by atomic mass is 9.97. The van der Waals surface area contributed by atoms with Gasteiger partial charge in [0.15, 0.2) is 4.34 Å². The molecule has 1 atom stereocenters. The molecule has 1 unspecified atom stereocenters. The summed E-state index contributed by atoms with van der Waals surface area (Å²) in [6.07, 6.45) is 4.94. The molecule has 2 heterocycles. The van der Waals surface area contributed by atoms with Gasteiger partial charge in [0.05, 0.1) is 16.1 Å². The lowest BCUT2D eigenvalue weighted by Crippen LogP contribution is -2.43. The number of likely N-dealkylation sites (tertiary alicyclic amines) is 1. The van der Waals surface area contributed by atoms with Crippen LogP contribution in [0.1, 0.15) is 12.8 Å². The Kier molecular flexibility index (Phi) is 5.20. The Balaban J connectivity index is 1.69. The van der Waals surface area contributed by atoms with E-state index < -0.39 is 0 Å². The zero-order chi connectivity index (χ0) is 17.1. The quantitative estimate of drug-likeness (QED) is 0.670. The molecule has 3 rings (SSSR count). The van der Waals surface area contributed by atoms with Crippen LogP contribution in [0.5, 0.6) is 0 Å². The molecule has 1 fully saturated rings. The van der Waals surface area contributed by atoms with Gasteiger partial charge in [-0.05, 0) is 43.4 Å². The van der Waals surface area contributed by atoms with Crippen molar-refractivity contribution < 1.29 is 9.59 Å². The van der Waals surface area contributed by atoms with Crippen molar-refractivity contribution in [1.29, 1.82) is 0 Å². The van der Waals surface area contributed by atoms with E-state index in [4.69, 9.17) is 0 Å². The number of fused-ring (bicyclic) bond motifs is 1. The van der Waals surface area contributed by atoms with Gasteiger partial charge in [-0.2, -0.15) is 0 Å².